The van der Waals surface area contributed by atoms with Crippen LogP contribution in [-0.2, 0) is 4.79 Å². The maximum absolute atomic E-state index is 12.4. The minimum absolute atomic E-state index is 0.0333. The standard InChI is InChI=1S/C21H23N3O3/c22-19(23)15-5-1-13(2-6-15)14-3-7-16(8-4-14)20(25)24-18-11-9-17(10-12-18)21(26)27/h1-8,17-18H,9-12H2,(H3,22,23)(H,24,25)(H,26,27)/t17-,18-. The molecule has 3 rings (SSSR count). The predicted molar refractivity (Wildman–Crippen MR) is 104 cm³/mol. The Morgan fingerprint density at radius 3 is 1.81 bits per heavy atom. The molecule has 5 N–H and O–H groups in total. The van der Waals surface area contributed by atoms with Gasteiger partial charge in [-0.3, -0.25) is 15.0 Å². The summed E-state index contributed by atoms with van der Waals surface area (Å²) in [5, 5.41) is 19.5. The van der Waals surface area contributed by atoms with E-state index in [4.69, 9.17) is 16.2 Å². The Kier molecular flexibility index (Phi) is 5.54. The van der Waals surface area contributed by atoms with E-state index in [-0.39, 0.29) is 23.7 Å². The van der Waals surface area contributed by atoms with Gasteiger partial charge in [0.2, 0.25) is 0 Å². The van der Waals surface area contributed by atoms with Crippen molar-refractivity contribution in [2.24, 2.45) is 11.7 Å². The van der Waals surface area contributed by atoms with Crippen LogP contribution in [0, 0.1) is 11.3 Å². The number of hydrogen-bond donors (Lipinski definition) is 4. The Bertz CT molecular complexity index is 836. The third kappa shape index (κ3) is 4.53. The predicted octanol–water partition coefficient (Wildman–Crippen LogP) is 3.01. The fourth-order valence-corrected chi connectivity index (χ4v) is 3.41. The van der Waals surface area contributed by atoms with E-state index in [9.17, 15) is 9.59 Å². The SMILES string of the molecule is N=C(N)c1ccc(-c2ccc(C(=O)N[C@H]3CC[C@H](C(=O)O)CC3)cc2)cc1. The number of aliphatic carboxylic acids is 1. The quantitative estimate of drug-likeness (QED) is 0.481. The molecule has 0 bridgehead atoms. The average molecular weight is 365 g/mol. The molecule has 1 fully saturated rings. The van der Waals surface area contributed by atoms with Crippen molar-refractivity contribution >= 4 is 17.7 Å². The van der Waals surface area contributed by atoms with Gasteiger partial charge in [-0.05, 0) is 48.9 Å². The third-order valence-corrected chi connectivity index (χ3v) is 5.09. The van der Waals surface area contributed by atoms with Crippen LogP contribution in [0.15, 0.2) is 48.5 Å². The molecule has 0 unspecified atom stereocenters. The summed E-state index contributed by atoms with van der Waals surface area (Å²) in [4.78, 5) is 23.4. The normalized spacial score (nSPS) is 19.3. The minimum atomic E-state index is -0.744. The van der Waals surface area contributed by atoms with Gasteiger partial charge in [-0.25, -0.2) is 0 Å². The molecule has 2 aromatic carbocycles. The molecule has 27 heavy (non-hydrogen) atoms. The van der Waals surface area contributed by atoms with Gasteiger partial charge in [-0.2, -0.15) is 0 Å². The lowest BCUT2D eigenvalue weighted by molar-refractivity contribution is -0.142. The summed E-state index contributed by atoms with van der Waals surface area (Å²) in [5.74, 6) is -1.13. The highest BCUT2D eigenvalue weighted by Crippen LogP contribution is 2.25. The number of nitrogen functional groups attached to an aromatic ring is 1. The number of nitrogens with two attached hydrogens (primary N) is 1. The Labute approximate surface area is 157 Å². The number of amides is 1. The van der Waals surface area contributed by atoms with E-state index in [0.29, 0.717) is 36.8 Å². The van der Waals surface area contributed by atoms with Crippen LogP contribution in [-0.4, -0.2) is 28.9 Å². The second-order valence-electron chi connectivity index (χ2n) is 6.93. The first-order chi connectivity index (χ1) is 12.9. The fraction of sp³-hybridized carbons (Fsp3) is 0.286. The summed E-state index contributed by atoms with van der Waals surface area (Å²) in [7, 11) is 0. The van der Waals surface area contributed by atoms with Gasteiger partial charge in [0.1, 0.15) is 5.84 Å². The Hall–Kier alpha value is -3.15. The van der Waals surface area contributed by atoms with E-state index in [0.717, 1.165) is 11.1 Å². The topological polar surface area (TPSA) is 116 Å². The number of rotatable bonds is 5. The monoisotopic (exact) mass is 365 g/mol. The molecule has 0 aromatic heterocycles. The van der Waals surface area contributed by atoms with Crippen LogP contribution < -0.4 is 11.1 Å². The lowest BCUT2D eigenvalue weighted by Gasteiger charge is -2.26. The molecule has 0 saturated heterocycles. The van der Waals surface area contributed by atoms with Gasteiger partial charge >= 0.3 is 5.97 Å². The van der Waals surface area contributed by atoms with E-state index in [1.165, 1.54) is 0 Å². The first-order valence-electron chi connectivity index (χ1n) is 9.02. The van der Waals surface area contributed by atoms with Crippen molar-refractivity contribution in [3.63, 3.8) is 0 Å². The molecule has 0 atom stereocenters. The van der Waals surface area contributed by atoms with Crippen molar-refractivity contribution < 1.29 is 14.7 Å². The summed E-state index contributed by atoms with van der Waals surface area (Å²) in [6.45, 7) is 0. The van der Waals surface area contributed by atoms with Crippen LogP contribution in [0.25, 0.3) is 11.1 Å². The summed E-state index contributed by atoms with van der Waals surface area (Å²) >= 11 is 0. The summed E-state index contributed by atoms with van der Waals surface area (Å²) in [6.07, 6.45) is 2.61. The Balaban J connectivity index is 1.60. The lowest BCUT2D eigenvalue weighted by Crippen LogP contribution is -2.38. The summed E-state index contributed by atoms with van der Waals surface area (Å²) in [5.41, 5.74) is 8.68. The van der Waals surface area contributed by atoms with E-state index >= 15 is 0 Å². The highest BCUT2D eigenvalue weighted by atomic mass is 16.4. The molecule has 1 aliphatic rings. The van der Waals surface area contributed by atoms with Crippen molar-refractivity contribution in [3.8, 4) is 11.1 Å². The van der Waals surface area contributed by atoms with E-state index in [2.05, 4.69) is 5.32 Å². The average Bonchev–Trinajstić information content (AvgIpc) is 2.68. The number of amidine groups is 1. The molecule has 1 saturated carbocycles. The number of carboxylic acid groups (broad SMARTS) is 1. The molecule has 6 nitrogen and oxygen atoms in total. The van der Waals surface area contributed by atoms with Crippen LogP contribution in [0.2, 0.25) is 0 Å². The smallest absolute Gasteiger partial charge is 0.306 e. The van der Waals surface area contributed by atoms with Crippen molar-refractivity contribution in [1.82, 2.24) is 5.32 Å². The number of carboxylic acids is 1. The lowest BCUT2D eigenvalue weighted by atomic mass is 9.86. The zero-order valence-electron chi connectivity index (χ0n) is 14.9. The summed E-state index contributed by atoms with van der Waals surface area (Å²) < 4.78 is 0. The van der Waals surface area contributed by atoms with E-state index in [1.807, 2.05) is 24.3 Å². The molecule has 6 heteroatoms. The highest BCUT2D eigenvalue weighted by Gasteiger charge is 2.26. The van der Waals surface area contributed by atoms with Crippen LogP contribution in [0.5, 0.6) is 0 Å². The molecule has 2 aromatic rings. The highest BCUT2D eigenvalue weighted by molar-refractivity contribution is 5.96. The molecule has 0 aliphatic heterocycles. The molecule has 0 heterocycles. The first kappa shape index (κ1) is 18.6. The van der Waals surface area contributed by atoms with Crippen molar-refractivity contribution in [2.45, 2.75) is 31.7 Å². The largest absolute Gasteiger partial charge is 0.481 e. The Morgan fingerprint density at radius 2 is 1.37 bits per heavy atom. The van der Waals surface area contributed by atoms with Gasteiger partial charge in [0.05, 0.1) is 5.92 Å². The number of benzene rings is 2. The van der Waals surface area contributed by atoms with Crippen molar-refractivity contribution in [2.75, 3.05) is 0 Å². The second-order valence-corrected chi connectivity index (χ2v) is 6.93. The van der Waals surface area contributed by atoms with Crippen LogP contribution in [0.4, 0.5) is 0 Å². The van der Waals surface area contributed by atoms with Gasteiger partial charge in [0.25, 0.3) is 5.91 Å². The van der Waals surface area contributed by atoms with Crippen molar-refractivity contribution in [1.29, 1.82) is 5.41 Å². The first-order valence-corrected chi connectivity index (χ1v) is 9.02. The van der Waals surface area contributed by atoms with Crippen LogP contribution in [0.3, 0.4) is 0 Å². The number of hydrogen-bond acceptors (Lipinski definition) is 3. The summed E-state index contributed by atoms with van der Waals surface area (Å²) in [6, 6.07) is 14.8. The van der Waals surface area contributed by atoms with Crippen molar-refractivity contribution in [3.05, 3.63) is 59.7 Å². The molecule has 140 valence electrons. The third-order valence-electron chi connectivity index (χ3n) is 5.09. The molecule has 0 spiro atoms. The maximum Gasteiger partial charge on any atom is 0.306 e. The molecule has 1 aliphatic carbocycles. The van der Waals surface area contributed by atoms with Gasteiger partial charge in [0, 0.05) is 17.2 Å². The molecular weight excluding hydrogens is 342 g/mol. The molecule has 0 radical (unpaired) electrons. The number of carbonyl (C=O) groups is 2. The minimum Gasteiger partial charge on any atom is -0.481 e. The van der Waals surface area contributed by atoms with E-state index in [1.54, 1.807) is 24.3 Å². The Morgan fingerprint density at radius 1 is 0.889 bits per heavy atom. The zero-order chi connectivity index (χ0) is 19.4. The van der Waals surface area contributed by atoms with Gasteiger partial charge in [-0.1, -0.05) is 36.4 Å². The number of carbonyl (C=O) groups excluding carboxylic acids is 1. The van der Waals surface area contributed by atoms with Crippen LogP contribution >= 0.6 is 0 Å². The second kappa shape index (κ2) is 8.03. The zero-order valence-corrected chi connectivity index (χ0v) is 14.9. The van der Waals surface area contributed by atoms with Gasteiger partial charge in [0.15, 0.2) is 0 Å². The maximum atomic E-state index is 12.4. The van der Waals surface area contributed by atoms with Gasteiger partial charge < -0.3 is 16.2 Å². The number of nitrogens with one attached hydrogen (secondary N) is 2. The molecule has 1 amide bonds. The van der Waals surface area contributed by atoms with E-state index < -0.39 is 5.97 Å². The fourth-order valence-electron chi connectivity index (χ4n) is 3.41. The van der Waals surface area contributed by atoms with Gasteiger partial charge in [-0.15, -0.1) is 0 Å². The van der Waals surface area contributed by atoms with Crippen LogP contribution in [0.1, 0.15) is 41.6 Å². The molecular formula is C21H23N3O3.